The Balaban J connectivity index is 4.17. The maximum Gasteiger partial charge on any atom is 0.306 e. The van der Waals surface area contributed by atoms with E-state index in [0.29, 0.717) is 26.1 Å². The first-order valence-corrected chi connectivity index (χ1v) is 31.2. The monoisotopic (exact) mass is 959 g/mol. The van der Waals surface area contributed by atoms with E-state index >= 15 is 0 Å². The highest BCUT2D eigenvalue weighted by molar-refractivity contribution is 5.70. The lowest BCUT2D eigenvalue weighted by molar-refractivity contribution is -0.163. The van der Waals surface area contributed by atoms with Gasteiger partial charge in [-0.1, -0.05) is 309 Å². The van der Waals surface area contributed by atoms with Crippen LogP contribution >= 0.6 is 0 Å². The molecule has 0 amide bonds. The van der Waals surface area contributed by atoms with Crippen LogP contribution in [0.5, 0.6) is 0 Å². The van der Waals surface area contributed by atoms with Crippen LogP contribution < -0.4 is 0 Å². The summed E-state index contributed by atoms with van der Waals surface area (Å²) in [7, 11) is 0. The van der Waals surface area contributed by atoms with Crippen molar-refractivity contribution in [3.8, 4) is 0 Å². The number of allylic oxidation sites excluding steroid dienone is 2. The van der Waals surface area contributed by atoms with Gasteiger partial charge in [0, 0.05) is 19.4 Å². The van der Waals surface area contributed by atoms with Crippen LogP contribution in [0.2, 0.25) is 0 Å². The Morgan fingerprint density at radius 2 is 0.574 bits per heavy atom. The van der Waals surface area contributed by atoms with Gasteiger partial charge in [-0.25, -0.2) is 0 Å². The Bertz CT molecular complexity index is 994. The van der Waals surface area contributed by atoms with Gasteiger partial charge in [0.2, 0.25) is 0 Å². The number of ether oxygens (including phenoxy) is 3. The molecule has 0 aromatic heterocycles. The lowest BCUT2D eigenvalue weighted by atomic mass is 10.0. The number of carbonyl (C=O) groups is 2. The zero-order chi connectivity index (χ0) is 49.2. The van der Waals surface area contributed by atoms with Gasteiger partial charge in [-0.15, -0.1) is 0 Å². The molecule has 0 N–H and O–H groups in total. The van der Waals surface area contributed by atoms with E-state index in [1.165, 1.54) is 289 Å². The van der Waals surface area contributed by atoms with Gasteiger partial charge in [0.15, 0.2) is 6.10 Å². The van der Waals surface area contributed by atoms with Gasteiger partial charge in [-0.2, -0.15) is 0 Å². The fourth-order valence-corrected chi connectivity index (χ4v) is 9.63. The van der Waals surface area contributed by atoms with E-state index in [0.717, 1.165) is 32.1 Å². The zero-order valence-corrected chi connectivity index (χ0v) is 46.7. The molecule has 0 aromatic rings. The van der Waals surface area contributed by atoms with Crippen LogP contribution in [0.15, 0.2) is 12.2 Å². The zero-order valence-electron chi connectivity index (χ0n) is 46.7. The third-order valence-electron chi connectivity index (χ3n) is 14.3. The molecule has 68 heavy (non-hydrogen) atoms. The van der Waals surface area contributed by atoms with Crippen molar-refractivity contribution in [3.05, 3.63) is 12.2 Å². The third kappa shape index (κ3) is 57.2. The molecule has 0 bridgehead atoms. The Kier molecular flexibility index (Phi) is 58.7. The molecule has 0 aliphatic carbocycles. The van der Waals surface area contributed by atoms with Crippen molar-refractivity contribution in [1.29, 1.82) is 0 Å². The van der Waals surface area contributed by atoms with E-state index in [9.17, 15) is 9.59 Å². The highest BCUT2D eigenvalue weighted by Crippen LogP contribution is 2.18. The molecular weight excluding hydrogens is 837 g/mol. The molecule has 0 fully saturated rings. The second-order valence-electron chi connectivity index (χ2n) is 21.3. The van der Waals surface area contributed by atoms with Crippen molar-refractivity contribution in [2.24, 2.45) is 0 Å². The molecule has 0 aromatic carbocycles. The Morgan fingerprint density at radius 1 is 0.309 bits per heavy atom. The van der Waals surface area contributed by atoms with Gasteiger partial charge < -0.3 is 14.2 Å². The van der Waals surface area contributed by atoms with Crippen molar-refractivity contribution in [2.45, 2.75) is 361 Å². The van der Waals surface area contributed by atoms with Gasteiger partial charge in [-0.3, -0.25) is 9.59 Å². The molecule has 1 atom stereocenters. The van der Waals surface area contributed by atoms with Crippen molar-refractivity contribution >= 4 is 11.9 Å². The maximum atomic E-state index is 12.9. The molecule has 0 saturated heterocycles. The lowest BCUT2D eigenvalue weighted by Gasteiger charge is -2.18. The molecule has 0 aliphatic heterocycles. The number of hydrogen-bond donors (Lipinski definition) is 0. The van der Waals surface area contributed by atoms with Crippen LogP contribution in [0.25, 0.3) is 0 Å². The van der Waals surface area contributed by atoms with Crippen LogP contribution in [0.3, 0.4) is 0 Å². The summed E-state index contributed by atoms with van der Waals surface area (Å²) in [5.74, 6) is -0.368. The smallest absolute Gasteiger partial charge is 0.306 e. The van der Waals surface area contributed by atoms with Crippen molar-refractivity contribution in [1.82, 2.24) is 0 Å². The van der Waals surface area contributed by atoms with Crippen molar-refractivity contribution in [3.63, 3.8) is 0 Å². The topological polar surface area (TPSA) is 61.8 Å². The van der Waals surface area contributed by atoms with E-state index in [-0.39, 0.29) is 18.5 Å². The van der Waals surface area contributed by atoms with E-state index in [1.807, 2.05) is 0 Å². The van der Waals surface area contributed by atoms with Crippen LogP contribution in [-0.4, -0.2) is 37.9 Å². The average molecular weight is 960 g/mol. The molecule has 0 radical (unpaired) electrons. The summed E-state index contributed by atoms with van der Waals surface area (Å²) in [5.41, 5.74) is 0. The van der Waals surface area contributed by atoms with Crippen LogP contribution in [0, 0.1) is 0 Å². The molecule has 404 valence electrons. The molecule has 5 heteroatoms. The summed E-state index contributed by atoms with van der Waals surface area (Å²) < 4.78 is 17.5. The van der Waals surface area contributed by atoms with E-state index in [1.54, 1.807) is 0 Å². The maximum absolute atomic E-state index is 12.9. The first-order chi connectivity index (χ1) is 33.6. The molecule has 0 rings (SSSR count). The second-order valence-corrected chi connectivity index (χ2v) is 21.3. The third-order valence-corrected chi connectivity index (χ3v) is 14.3. The number of carbonyl (C=O) groups excluding carboxylic acids is 2. The largest absolute Gasteiger partial charge is 0.462 e. The van der Waals surface area contributed by atoms with E-state index < -0.39 is 6.10 Å². The SMILES string of the molecule is CCCCCCCC/C=C\CCCCCCCCCCCCCC(=O)OC[C@@H](COCCCCCCCCCCCCCCCCCC)OC(=O)CCCCCCCCCCCCCCCCC. The Labute approximate surface area is 426 Å². The standard InChI is InChI=1S/C63H122O5/c1-4-7-10-13-16-19-22-25-28-30-31-32-33-34-36-38-41-44-47-50-53-56-62(64)67-60-61(59-66-58-55-52-49-46-43-40-37-29-26-23-20-17-14-11-8-5-2)68-63(65)57-54-51-48-45-42-39-35-27-24-21-18-15-12-9-6-3/h25,28,61H,4-24,26-27,29-60H2,1-3H3/b28-25-/t61-/m1/s1. The Morgan fingerprint density at radius 3 is 0.897 bits per heavy atom. The minimum absolute atomic E-state index is 0.0956. The van der Waals surface area contributed by atoms with Gasteiger partial charge in [0.05, 0.1) is 6.61 Å². The summed E-state index contributed by atoms with van der Waals surface area (Å²) in [5, 5.41) is 0. The van der Waals surface area contributed by atoms with Crippen LogP contribution in [0.4, 0.5) is 0 Å². The molecule has 5 nitrogen and oxygen atoms in total. The normalized spacial score (nSPS) is 12.1. The Hall–Kier alpha value is -1.36. The van der Waals surface area contributed by atoms with E-state index in [4.69, 9.17) is 14.2 Å². The fraction of sp³-hybridized carbons (Fsp3) is 0.937. The molecular formula is C63H122O5. The minimum atomic E-state index is -0.527. The van der Waals surface area contributed by atoms with E-state index in [2.05, 4.69) is 32.9 Å². The summed E-state index contributed by atoms with van der Waals surface area (Å²) in [6, 6.07) is 0. The first-order valence-electron chi connectivity index (χ1n) is 31.2. The van der Waals surface area contributed by atoms with Gasteiger partial charge in [-0.05, 0) is 44.9 Å². The number of hydrogen-bond acceptors (Lipinski definition) is 5. The second kappa shape index (κ2) is 59.9. The highest BCUT2D eigenvalue weighted by atomic mass is 16.6. The predicted octanol–water partition coefficient (Wildman–Crippen LogP) is 21.4. The first kappa shape index (κ1) is 66.6. The number of rotatable bonds is 59. The minimum Gasteiger partial charge on any atom is -0.462 e. The van der Waals surface area contributed by atoms with Gasteiger partial charge in [0.25, 0.3) is 0 Å². The molecule has 0 unspecified atom stereocenters. The quantitative estimate of drug-likeness (QED) is 0.0345. The molecule has 0 heterocycles. The van der Waals surface area contributed by atoms with Crippen molar-refractivity contribution in [2.75, 3.05) is 19.8 Å². The van der Waals surface area contributed by atoms with Gasteiger partial charge >= 0.3 is 11.9 Å². The summed E-state index contributed by atoms with van der Waals surface area (Å²) in [6.07, 6.45) is 71.0. The summed E-state index contributed by atoms with van der Waals surface area (Å²) in [6.45, 7) is 7.92. The number of unbranched alkanes of at least 4 members (excludes halogenated alkanes) is 46. The average Bonchev–Trinajstić information content (AvgIpc) is 3.34. The summed E-state index contributed by atoms with van der Waals surface area (Å²) in [4.78, 5) is 25.6. The molecule has 0 saturated carbocycles. The number of esters is 2. The molecule has 0 spiro atoms. The predicted molar refractivity (Wildman–Crippen MR) is 298 cm³/mol. The lowest BCUT2D eigenvalue weighted by Crippen LogP contribution is -2.30. The van der Waals surface area contributed by atoms with Crippen LogP contribution in [-0.2, 0) is 23.8 Å². The van der Waals surface area contributed by atoms with Gasteiger partial charge in [0.1, 0.15) is 6.61 Å². The molecule has 0 aliphatic rings. The fourth-order valence-electron chi connectivity index (χ4n) is 9.63. The van der Waals surface area contributed by atoms with Crippen molar-refractivity contribution < 1.29 is 23.8 Å². The highest BCUT2D eigenvalue weighted by Gasteiger charge is 2.18. The summed E-state index contributed by atoms with van der Waals surface area (Å²) >= 11 is 0. The van der Waals surface area contributed by atoms with Crippen LogP contribution in [0.1, 0.15) is 355 Å².